The Balaban J connectivity index is 2.43. The topological polar surface area (TPSA) is 47.6 Å². The molecule has 0 saturated carbocycles. The molecule has 0 fully saturated rings. The van der Waals surface area contributed by atoms with Gasteiger partial charge in [-0.25, -0.2) is 23.6 Å². The quantitative estimate of drug-likeness (QED) is 0.646. The van der Waals surface area contributed by atoms with E-state index >= 15 is 0 Å². The summed E-state index contributed by atoms with van der Waals surface area (Å²) in [7, 11) is -0.695. The zero-order chi connectivity index (χ0) is 18.2. The molecule has 0 unspecified atom stereocenters. The van der Waals surface area contributed by atoms with Crippen LogP contribution in [0.5, 0.6) is 5.75 Å². The number of benzene rings is 1. The fourth-order valence-electron chi connectivity index (χ4n) is 1.77. The number of ether oxygens (including phenoxy) is 2. The highest BCUT2D eigenvalue weighted by atomic mass is 79.9. The molecule has 0 bridgehead atoms. The molecule has 1 rings (SSSR count). The third-order valence-corrected chi connectivity index (χ3v) is 4.86. The number of hydrogen-bond donors (Lipinski definition) is 1. The number of carbonyl (C=O) groups excluding carboxylic acids is 1. The third kappa shape index (κ3) is 9.32. The molecule has 1 aromatic rings. The average molecular weight is 428 g/mol. The number of alkyl halides is 2. The van der Waals surface area contributed by atoms with E-state index in [1.807, 2.05) is 0 Å². The maximum absolute atomic E-state index is 12.3. The van der Waals surface area contributed by atoms with E-state index in [2.05, 4.69) is 40.0 Å². The van der Waals surface area contributed by atoms with Crippen LogP contribution in [-0.4, -0.2) is 56.8 Å². The van der Waals surface area contributed by atoms with Crippen molar-refractivity contribution in [1.29, 1.82) is 0 Å². The normalized spacial score (nSPS) is 12.1. The summed E-state index contributed by atoms with van der Waals surface area (Å²) < 4.78 is 35.6. The third-order valence-electron chi connectivity index (χ3n) is 2.98. The molecule has 24 heavy (non-hydrogen) atoms. The highest BCUT2D eigenvalue weighted by Gasteiger charge is 2.10. The molecular weight excluding hydrogens is 404 g/mol. The van der Waals surface area contributed by atoms with E-state index in [-0.39, 0.29) is 0 Å². The Morgan fingerprint density at radius 3 is 2.67 bits per heavy atom. The molecule has 8 heteroatoms. The zero-order valence-electron chi connectivity index (χ0n) is 14.1. The molecular formula is C16H24BrF2NO3S. The van der Waals surface area contributed by atoms with Crippen LogP contribution in [-0.2, 0) is 11.2 Å². The van der Waals surface area contributed by atoms with Crippen LogP contribution in [0.1, 0.15) is 5.56 Å². The summed E-state index contributed by atoms with van der Waals surface area (Å²) >= 11 is 3.34. The van der Waals surface area contributed by atoms with E-state index in [1.54, 1.807) is 18.2 Å². The van der Waals surface area contributed by atoms with Crippen LogP contribution < -0.4 is 10.1 Å². The predicted octanol–water partition coefficient (Wildman–Crippen LogP) is 4.06. The zero-order valence-corrected chi connectivity index (χ0v) is 16.5. The monoisotopic (exact) mass is 427 g/mol. The Hall–Kier alpha value is -1.02. The largest absolute Gasteiger partial charge is 0.487 e. The molecule has 0 aliphatic rings. The fraction of sp³-hybridized carbons (Fsp3) is 0.562. The molecule has 0 aromatic heterocycles. The van der Waals surface area contributed by atoms with E-state index in [1.165, 1.54) is 0 Å². The molecule has 0 saturated heterocycles. The van der Waals surface area contributed by atoms with Crippen molar-refractivity contribution in [3.8, 4) is 5.75 Å². The molecule has 0 heterocycles. The van der Waals surface area contributed by atoms with Gasteiger partial charge >= 0.3 is 6.09 Å². The van der Waals surface area contributed by atoms with Crippen molar-refractivity contribution >= 4 is 32.1 Å². The summed E-state index contributed by atoms with van der Waals surface area (Å²) in [6.07, 6.45) is 3.92. The van der Waals surface area contributed by atoms with Crippen molar-refractivity contribution in [2.45, 2.75) is 12.8 Å². The van der Waals surface area contributed by atoms with Gasteiger partial charge in [0.25, 0.3) is 6.43 Å². The Bertz CT molecular complexity index is 539. The van der Waals surface area contributed by atoms with Gasteiger partial charge in [0.2, 0.25) is 0 Å². The maximum atomic E-state index is 12.3. The van der Waals surface area contributed by atoms with Gasteiger partial charge in [-0.3, -0.25) is 0 Å². The predicted molar refractivity (Wildman–Crippen MR) is 98.9 cm³/mol. The van der Waals surface area contributed by atoms with E-state index in [4.69, 9.17) is 9.47 Å². The molecule has 0 aliphatic heterocycles. The molecule has 0 radical (unpaired) electrons. The summed E-state index contributed by atoms with van der Waals surface area (Å²) in [5.41, 5.74) is 0.740. The molecule has 0 spiro atoms. The first-order valence-electron chi connectivity index (χ1n) is 7.43. The van der Waals surface area contributed by atoms with Crippen LogP contribution in [0.25, 0.3) is 0 Å². The molecule has 4 nitrogen and oxygen atoms in total. The number of alkyl carbamates (subject to hydrolysis) is 1. The summed E-state index contributed by atoms with van der Waals surface area (Å²) in [6, 6.07) is 5.14. The number of amides is 1. The minimum Gasteiger partial charge on any atom is -0.487 e. The second kappa shape index (κ2) is 10.1. The minimum atomic E-state index is -2.53. The number of hydrogen-bond acceptors (Lipinski definition) is 3. The SMILES string of the molecule is CS(C)(C)CCOC(=O)NCCc1cc(Br)ccc1OCC(F)F. The van der Waals surface area contributed by atoms with Gasteiger partial charge < -0.3 is 14.8 Å². The van der Waals surface area contributed by atoms with Crippen LogP contribution in [0, 0.1) is 0 Å². The number of carbonyl (C=O) groups is 1. The lowest BCUT2D eigenvalue weighted by Crippen LogP contribution is -2.28. The molecule has 1 N–H and O–H groups in total. The van der Waals surface area contributed by atoms with Gasteiger partial charge in [-0.05, 0) is 49.0 Å². The Kier molecular flexibility index (Phi) is 8.83. The highest BCUT2D eigenvalue weighted by molar-refractivity contribution is 9.10. The van der Waals surface area contributed by atoms with E-state index in [0.717, 1.165) is 15.8 Å². The van der Waals surface area contributed by atoms with Crippen molar-refractivity contribution in [2.24, 2.45) is 0 Å². The molecule has 138 valence electrons. The summed E-state index contributed by atoms with van der Waals surface area (Å²) in [6.45, 7) is 0.0756. The van der Waals surface area contributed by atoms with Gasteiger partial charge in [-0.15, -0.1) is 0 Å². The van der Waals surface area contributed by atoms with Crippen molar-refractivity contribution in [3.05, 3.63) is 28.2 Å². The standard InChI is InChI=1S/C16H24BrF2NO3S/c1-24(2,3)9-8-22-16(21)20-7-6-12-10-13(17)4-5-14(12)23-11-15(18)19/h4-5,10,15H,6-9,11H2,1-3H3,(H,20,21). The van der Waals surface area contributed by atoms with Gasteiger partial charge in [-0.2, -0.15) is 0 Å². The van der Waals surface area contributed by atoms with Crippen molar-refractivity contribution < 1.29 is 23.0 Å². The highest BCUT2D eigenvalue weighted by Crippen LogP contribution is 2.33. The first-order chi connectivity index (χ1) is 11.2. The summed E-state index contributed by atoms with van der Waals surface area (Å²) in [4.78, 5) is 11.6. The lowest BCUT2D eigenvalue weighted by Gasteiger charge is -2.24. The second-order valence-corrected chi connectivity index (χ2v) is 11.6. The number of halogens is 3. The maximum Gasteiger partial charge on any atom is 0.407 e. The van der Waals surface area contributed by atoms with Crippen LogP contribution >= 0.6 is 26.0 Å². The summed E-state index contributed by atoms with van der Waals surface area (Å²) in [5, 5.41) is 2.66. The first kappa shape index (κ1) is 21.0. The van der Waals surface area contributed by atoms with Crippen molar-refractivity contribution in [3.63, 3.8) is 0 Å². The lowest BCUT2D eigenvalue weighted by atomic mass is 10.1. The minimum absolute atomic E-state index is 0.336. The van der Waals surface area contributed by atoms with Crippen molar-refractivity contribution in [1.82, 2.24) is 5.32 Å². The smallest absolute Gasteiger partial charge is 0.407 e. The molecule has 0 atom stereocenters. The van der Waals surface area contributed by atoms with Gasteiger partial charge in [0, 0.05) is 16.8 Å². The van der Waals surface area contributed by atoms with Gasteiger partial charge in [0.1, 0.15) is 19.0 Å². The van der Waals surface area contributed by atoms with Crippen LogP contribution in [0.15, 0.2) is 22.7 Å². The number of rotatable bonds is 9. The molecule has 1 aromatic carbocycles. The van der Waals surface area contributed by atoms with Crippen LogP contribution in [0.2, 0.25) is 0 Å². The first-order valence-corrected chi connectivity index (χ1v) is 11.3. The van der Waals surface area contributed by atoms with Gasteiger partial charge in [0.05, 0.1) is 0 Å². The Morgan fingerprint density at radius 2 is 2.04 bits per heavy atom. The van der Waals surface area contributed by atoms with Crippen LogP contribution in [0.3, 0.4) is 0 Å². The van der Waals surface area contributed by atoms with Gasteiger partial charge in [0.15, 0.2) is 0 Å². The second-order valence-electron chi connectivity index (χ2n) is 6.06. The van der Waals surface area contributed by atoms with Crippen molar-refractivity contribution in [2.75, 3.05) is 44.3 Å². The average Bonchev–Trinajstić information content (AvgIpc) is 2.44. The van der Waals surface area contributed by atoms with E-state index in [9.17, 15) is 13.6 Å². The Labute approximate surface area is 151 Å². The van der Waals surface area contributed by atoms with Gasteiger partial charge in [-0.1, -0.05) is 15.9 Å². The Morgan fingerprint density at radius 1 is 1.33 bits per heavy atom. The lowest BCUT2D eigenvalue weighted by molar-refractivity contribution is 0.0814. The van der Waals surface area contributed by atoms with E-state index in [0.29, 0.717) is 25.3 Å². The molecule has 0 aliphatic carbocycles. The summed E-state index contributed by atoms with van der Waals surface area (Å²) in [5.74, 6) is 1.25. The van der Waals surface area contributed by atoms with E-state index < -0.39 is 29.2 Å². The molecule has 1 amide bonds. The van der Waals surface area contributed by atoms with Crippen LogP contribution in [0.4, 0.5) is 13.6 Å². The fourth-order valence-corrected chi connectivity index (χ4v) is 2.76. The number of nitrogens with one attached hydrogen (secondary N) is 1.